The molecule has 0 unspecified atom stereocenters. The number of hydrogen-bond acceptors (Lipinski definition) is 5. The van der Waals surface area contributed by atoms with Crippen molar-refractivity contribution in [2.75, 3.05) is 6.54 Å². The van der Waals surface area contributed by atoms with Crippen LogP contribution in [0, 0.1) is 0 Å². The monoisotopic (exact) mass is 326 g/mol. The van der Waals surface area contributed by atoms with Gasteiger partial charge in [0.25, 0.3) is 0 Å². The van der Waals surface area contributed by atoms with Crippen LogP contribution in [0.2, 0.25) is 0 Å². The zero-order chi connectivity index (χ0) is 15.3. The van der Waals surface area contributed by atoms with Gasteiger partial charge in [-0.15, -0.1) is 11.3 Å². The Morgan fingerprint density at radius 2 is 2.19 bits per heavy atom. The van der Waals surface area contributed by atoms with Crippen molar-refractivity contribution in [3.05, 3.63) is 45.9 Å². The van der Waals surface area contributed by atoms with Crippen LogP contribution >= 0.6 is 11.3 Å². The zero-order valence-electron chi connectivity index (χ0n) is 11.7. The highest BCUT2D eigenvalue weighted by atomic mass is 32.2. The third kappa shape index (κ3) is 4.10. The minimum Gasteiger partial charge on any atom is -0.392 e. The Kier molecular flexibility index (Phi) is 5.46. The minimum absolute atomic E-state index is 0.175. The van der Waals surface area contributed by atoms with Gasteiger partial charge in [-0.05, 0) is 23.6 Å². The molecule has 1 heterocycles. The Morgan fingerprint density at radius 3 is 2.81 bits per heavy atom. The second-order valence-electron chi connectivity index (χ2n) is 4.58. The molecule has 0 radical (unpaired) electrons. The van der Waals surface area contributed by atoms with Crippen molar-refractivity contribution in [3.8, 4) is 0 Å². The van der Waals surface area contributed by atoms with Gasteiger partial charge in [0.15, 0.2) is 0 Å². The number of nitrogens with one attached hydrogen (secondary N) is 1. The van der Waals surface area contributed by atoms with E-state index in [0.29, 0.717) is 24.9 Å². The fraction of sp³-hybridized carbons (Fsp3) is 0.357. The van der Waals surface area contributed by atoms with Crippen LogP contribution < -0.4 is 4.72 Å². The Labute approximate surface area is 128 Å². The lowest BCUT2D eigenvalue weighted by Gasteiger charge is -2.11. The average molecular weight is 326 g/mol. The number of rotatable bonds is 7. The topological polar surface area (TPSA) is 79.3 Å². The van der Waals surface area contributed by atoms with Gasteiger partial charge in [-0.1, -0.05) is 19.1 Å². The summed E-state index contributed by atoms with van der Waals surface area (Å²) >= 11 is 1.49. The second kappa shape index (κ2) is 7.13. The molecule has 0 saturated heterocycles. The summed E-state index contributed by atoms with van der Waals surface area (Å²) in [7, 11) is -3.57. The van der Waals surface area contributed by atoms with Crippen molar-refractivity contribution < 1.29 is 13.5 Å². The number of aliphatic hydroxyl groups is 1. The van der Waals surface area contributed by atoms with Crippen LogP contribution in [0.3, 0.4) is 0 Å². The molecular formula is C14H18N2O3S2. The summed E-state index contributed by atoms with van der Waals surface area (Å²) in [6.07, 6.45) is 1.18. The van der Waals surface area contributed by atoms with Gasteiger partial charge in [0.2, 0.25) is 10.0 Å². The van der Waals surface area contributed by atoms with Gasteiger partial charge in [-0.2, -0.15) is 0 Å². The number of aliphatic hydroxyl groups excluding tert-OH is 1. The molecule has 0 amide bonds. The van der Waals surface area contributed by atoms with Crippen LogP contribution in [0.25, 0.3) is 0 Å². The van der Waals surface area contributed by atoms with E-state index < -0.39 is 10.0 Å². The molecule has 2 rings (SSSR count). The molecule has 0 bridgehead atoms. The highest BCUT2D eigenvalue weighted by Gasteiger charge is 2.18. The Bertz CT molecular complexity index is 682. The molecule has 21 heavy (non-hydrogen) atoms. The van der Waals surface area contributed by atoms with Gasteiger partial charge in [0.1, 0.15) is 0 Å². The number of aryl methyl sites for hydroxylation is 1. The highest BCUT2D eigenvalue weighted by Crippen LogP contribution is 2.18. The molecule has 0 aliphatic heterocycles. The fourth-order valence-electron chi connectivity index (χ4n) is 1.99. The summed E-state index contributed by atoms with van der Waals surface area (Å²) < 4.78 is 27.4. The van der Waals surface area contributed by atoms with Gasteiger partial charge in [-0.3, -0.25) is 0 Å². The first kappa shape index (κ1) is 16.1. The zero-order valence-corrected chi connectivity index (χ0v) is 13.4. The summed E-state index contributed by atoms with van der Waals surface area (Å²) in [4.78, 5) is 4.37. The van der Waals surface area contributed by atoms with Crippen molar-refractivity contribution in [3.63, 3.8) is 0 Å². The Hall–Kier alpha value is -1.28. The molecule has 2 N–H and O–H groups in total. The van der Waals surface area contributed by atoms with Crippen LogP contribution in [-0.2, 0) is 29.5 Å². The SMILES string of the molecule is CCc1ccc(CO)cc1S(=O)(=O)NCCc1cscn1. The number of benzene rings is 1. The molecule has 0 aliphatic carbocycles. The van der Waals surface area contributed by atoms with E-state index in [1.165, 1.54) is 17.4 Å². The summed E-state index contributed by atoms with van der Waals surface area (Å²) in [5.41, 5.74) is 3.94. The molecular weight excluding hydrogens is 308 g/mol. The van der Waals surface area contributed by atoms with Gasteiger partial charge >= 0.3 is 0 Å². The molecule has 5 nitrogen and oxygen atoms in total. The van der Waals surface area contributed by atoms with Crippen molar-refractivity contribution in [1.82, 2.24) is 9.71 Å². The van der Waals surface area contributed by atoms with Crippen LogP contribution in [-0.4, -0.2) is 25.1 Å². The summed E-state index contributed by atoms with van der Waals surface area (Å²) in [6, 6.07) is 5.03. The molecule has 1 aromatic carbocycles. The van der Waals surface area contributed by atoms with Crippen molar-refractivity contribution in [1.29, 1.82) is 0 Å². The summed E-state index contributed by atoms with van der Waals surface area (Å²) in [5.74, 6) is 0. The minimum atomic E-state index is -3.57. The maximum Gasteiger partial charge on any atom is 0.240 e. The Balaban J connectivity index is 2.14. The van der Waals surface area contributed by atoms with Crippen molar-refractivity contribution >= 4 is 21.4 Å². The largest absolute Gasteiger partial charge is 0.392 e. The maximum atomic E-state index is 12.4. The lowest BCUT2D eigenvalue weighted by Crippen LogP contribution is -2.27. The maximum absolute atomic E-state index is 12.4. The third-order valence-corrected chi connectivity index (χ3v) is 5.32. The lowest BCUT2D eigenvalue weighted by atomic mass is 10.1. The van der Waals surface area contributed by atoms with Gasteiger partial charge in [0, 0.05) is 18.3 Å². The first-order chi connectivity index (χ1) is 10.1. The van der Waals surface area contributed by atoms with Crippen molar-refractivity contribution in [2.45, 2.75) is 31.3 Å². The third-order valence-electron chi connectivity index (χ3n) is 3.14. The molecule has 1 aromatic heterocycles. The van der Waals surface area contributed by atoms with Gasteiger partial charge in [-0.25, -0.2) is 18.1 Å². The first-order valence-electron chi connectivity index (χ1n) is 6.66. The standard InChI is InChI=1S/C14H18N2O3S2/c1-2-12-4-3-11(8-17)7-14(12)21(18,19)16-6-5-13-9-20-10-15-13/h3-4,7,9-10,16-17H,2,5-6,8H2,1H3. The predicted molar refractivity (Wildman–Crippen MR) is 82.7 cm³/mol. The second-order valence-corrected chi connectivity index (χ2v) is 7.04. The molecule has 7 heteroatoms. The average Bonchev–Trinajstić information content (AvgIpc) is 2.99. The van der Waals surface area contributed by atoms with E-state index in [0.717, 1.165) is 11.3 Å². The molecule has 2 aromatic rings. The highest BCUT2D eigenvalue weighted by molar-refractivity contribution is 7.89. The van der Waals surface area contributed by atoms with E-state index >= 15 is 0 Å². The molecule has 0 atom stereocenters. The van der Waals surface area contributed by atoms with Crippen molar-refractivity contribution in [2.24, 2.45) is 0 Å². The quantitative estimate of drug-likeness (QED) is 0.812. The van der Waals surface area contributed by atoms with E-state index in [4.69, 9.17) is 0 Å². The number of thiazole rings is 1. The van der Waals surface area contributed by atoms with E-state index in [1.807, 2.05) is 12.3 Å². The Morgan fingerprint density at radius 1 is 1.38 bits per heavy atom. The van der Waals surface area contributed by atoms with E-state index in [9.17, 15) is 13.5 Å². The van der Waals surface area contributed by atoms with Crippen LogP contribution in [0.4, 0.5) is 0 Å². The van der Waals surface area contributed by atoms with Gasteiger partial charge < -0.3 is 5.11 Å². The van der Waals surface area contributed by atoms with E-state index in [-0.39, 0.29) is 11.5 Å². The van der Waals surface area contributed by atoms with Crippen LogP contribution in [0.1, 0.15) is 23.7 Å². The van der Waals surface area contributed by atoms with E-state index in [1.54, 1.807) is 17.6 Å². The predicted octanol–water partition coefficient (Wildman–Crippen LogP) is 1.72. The van der Waals surface area contributed by atoms with E-state index in [2.05, 4.69) is 9.71 Å². The summed E-state index contributed by atoms with van der Waals surface area (Å²) in [5, 5.41) is 11.1. The van der Waals surface area contributed by atoms with Crippen LogP contribution in [0.15, 0.2) is 34.0 Å². The smallest absolute Gasteiger partial charge is 0.240 e. The number of sulfonamides is 1. The normalized spacial score (nSPS) is 11.7. The summed E-state index contributed by atoms with van der Waals surface area (Å²) in [6.45, 7) is 2.03. The molecule has 0 spiro atoms. The lowest BCUT2D eigenvalue weighted by molar-refractivity contribution is 0.281. The first-order valence-corrected chi connectivity index (χ1v) is 9.09. The molecule has 114 valence electrons. The van der Waals surface area contributed by atoms with Crippen LogP contribution in [0.5, 0.6) is 0 Å². The fourth-order valence-corrected chi connectivity index (χ4v) is 3.98. The number of aromatic nitrogens is 1. The molecule has 0 aliphatic rings. The molecule has 0 saturated carbocycles. The molecule has 0 fully saturated rings. The number of hydrogen-bond donors (Lipinski definition) is 2. The number of nitrogens with zero attached hydrogens (tertiary/aromatic N) is 1. The van der Waals surface area contributed by atoms with Gasteiger partial charge in [0.05, 0.1) is 22.7 Å².